The van der Waals surface area contributed by atoms with Crippen LogP contribution in [0.15, 0.2) is 12.1 Å². The minimum absolute atomic E-state index is 0.522. The minimum atomic E-state index is 0.522. The number of hydrogen-bond donors (Lipinski definition) is 0. The molecule has 0 aliphatic rings. The van der Waals surface area contributed by atoms with E-state index < -0.39 is 0 Å². The zero-order valence-corrected chi connectivity index (χ0v) is 9.32. The van der Waals surface area contributed by atoms with E-state index in [-0.39, 0.29) is 0 Å². The fourth-order valence-electron chi connectivity index (χ4n) is 1.11. The van der Waals surface area contributed by atoms with Gasteiger partial charge in [-0.15, -0.1) is 0 Å². The molecule has 0 aliphatic carbocycles. The van der Waals surface area contributed by atoms with Gasteiger partial charge in [0.15, 0.2) is 0 Å². The standard InChI is InChI=1S/C11H15N3O/c1-9-6-10(8-12)7-11(13-9)15-5-4-14(2)3/h6-7H,4-5H2,1-3H3. The Kier molecular flexibility index (Phi) is 4.07. The molecule has 1 heterocycles. The normalized spacial score (nSPS) is 10.1. The number of nitriles is 1. The van der Waals surface area contributed by atoms with Crippen LogP contribution in [0.25, 0.3) is 0 Å². The Labute approximate surface area is 90.1 Å². The monoisotopic (exact) mass is 205 g/mol. The van der Waals surface area contributed by atoms with Crippen LogP contribution in [-0.2, 0) is 0 Å². The number of aryl methyl sites for hydroxylation is 1. The molecule has 0 saturated heterocycles. The van der Waals surface area contributed by atoms with E-state index in [9.17, 15) is 0 Å². The van der Waals surface area contributed by atoms with E-state index in [0.29, 0.717) is 18.1 Å². The zero-order chi connectivity index (χ0) is 11.3. The first-order valence-corrected chi connectivity index (χ1v) is 4.78. The maximum absolute atomic E-state index is 8.76. The lowest BCUT2D eigenvalue weighted by Gasteiger charge is -2.10. The number of nitrogens with zero attached hydrogens (tertiary/aromatic N) is 3. The third-order valence-corrected chi connectivity index (χ3v) is 1.85. The maximum Gasteiger partial charge on any atom is 0.214 e. The summed E-state index contributed by atoms with van der Waals surface area (Å²) in [6, 6.07) is 5.47. The Hall–Kier alpha value is -1.60. The van der Waals surface area contributed by atoms with Gasteiger partial charge in [-0.05, 0) is 27.1 Å². The molecule has 4 nitrogen and oxygen atoms in total. The van der Waals surface area contributed by atoms with Gasteiger partial charge in [0.1, 0.15) is 6.61 Å². The molecule has 4 heteroatoms. The summed E-state index contributed by atoms with van der Waals surface area (Å²) < 4.78 is 5.44. The molecular formula is C11H15N3O. The van der Waals surface area contributed by atoms with Crippen LogP contribution in [0.5, 0.6) is 5.88 Å². The van der Waals surface area contributed by atoms with Crippen LogP contribution in [-0.4, -0.2) is 37.1 Å². The Morgan fingerprint density at radius 3 is 2.80 bits per heavy atom. The molecule has 1 aromatic rings. The van der Waals surface area contributed by atoms with Crippen molar-refractivity contribution in [1.29, 1.82) is 5.26 Å². The molecule has 0 saturated carbocycles. The summed E-state index contributed by atoms with van der Waals surface area (Å²) in [6.45, 7) is 3.26. The molecule has 0 N–H and O–H groups in total. The Bertz CT molecular complexity index is 369. The molecule has 80 valence electrons. The summed E-state index contributed by atoms with van der Waals surface area (Å²) in [5.74, 6) is 0.522. The van der Waals surface area contributed by atoms with Crippen molar-refractivity contribution in [2.75, 3.05) is 27.2 Å². The van der Waals surface area contributed by atoms with Gasteiger partial charge >= 0.3 is 0 Å². The highest BCUT2D eigenvalue weighted by Gasteiger charge is 2.00. The maximum atomic E-state index is 8.76. The van der Waals surface area contributed by atoms with Gasteiger partial charge in [-0.1, -0.05) is 0 Å². The molecule has 0 radical (unpaired) electrons. The molecule has 1 rings (SSSR count). The third-order valence-electron chi connectivity index (χ3n) is 1.85. The van der Waals surface area contributed by atoms with Gasteiger partial charge in [0, 0.05) is 18.3 Å². The van der Waals surface area contributed by atoms with Gasteiger partial charge in [0.2, 0.25) is 5.88 Å². The fraction of sp³-hybridized carbons (Fsp3) is 0.455. The van der Waals surface area contributed by atoms with Gasteiger partial charge in [0.05, 0.1) is 11.6 Å². The average Bonchev–Trinajstić information content (AvgIpc) is 2.16. The quantitative estimate of drug-likeness (QED) is 0.741. The Balaban J connectivity index is 2.61. The van der Waals surface area contributed by atoms with E-state index in [2.05, 4.69) is 11.1 Å². The summed E-state index contributed by atoms with van der Waals surface area (Å²) >= 11 is 0. The molecule has 0 bridgehead atoms. The lowest BCUT2D eigenvalue weighted by molar-refractivity contribution is 0.253. The first kappa shape index (κ1) is 11.5. The molecular weight excluding hydrogens is 190 g/mol. The second kappa shape index (κ2) is 5.32. The van der Waals surface area contributed by atoms with E-state index in [1.165, 1.54) is 0 Å². The summed E-state index contributed by atoms with van der Waals surface area (Å²) in [5, 5.41) is 8.76. The zero-order valence-electron chi connectivity index (χ0n) is 9.32. The minimum Gasteiger partial charge on any atom is -0.476 e. The van der Waals surface area contributed by atoms with Crippen molar-refractivity contribution in [3.05, 3.63) is 23.4 Å². The molecule has 0 aromatic carbocycles. The van der Waals surface area contributed by atoms with Crippen LogP contribution in [0, 0.1) is 18.3 Å². The molecule has 1 aromatic heterocycles. The summed E-state index contributed by atoms with van der Waals surface area (Å²) in [6.07, 6.45) is 0. The number of ether oxygens (including phenoxy) is 1. The van der Waals surface area contributed by atoms with Crippen molar-refractivity contribution >= 4 is 0 Å². The van der Waals surface area contributed by atoms with Gasteiger partial charge in [-0.2, -0.15) is 5.26 Å². The highest BCUT2D eigenvalue weighted by atomic mass is 16.5. The van der Waals surface area contributed by atoms with Crippen molar-refractivity contribution in [3.63, 3.8) is 0 Å². The van der Waals surface area contributed by atoms with Gasteiger partial charge in [0.25, 0.3) is 0 Å². The Morgan fingerprint density at radius 2 is 2.20 bits per heavy atom. The third kappa shape index (κ3) is 3.96. The smallest absolute Gasteiger partial charge is 0.214 e. The molecule has 0 spiro atoms. The number of rotatable bonds is 4. The van der Waals surface area contributed by atoms with Crippen molar-refractivity contribution in [2.45, 2.75) is 6.92 Å². The van der Waals surface area contributed by atoms with Crippen LogP contribution >= 0.6 is 0 Å². The van der Waals surface area contributed by atoms with E-state index >= 15 is 0 Å². The first-order valence-electron chi connectivity index (χ1n) is 4.78. The fourth-order valence-corrected chi connectivity index (χ4v) is 1.11. The largest absolute Gasteiger partial charge is 0.476 e. The van der Waals surface area contributed by atoms with Gasteiger partial charge in [-0.3, -0.25) is 0 Å². The highest BCUT2D eigenvalue weighted by Crippen LogP contribution is 2.11. The van der Waals surface area contributed by atoms with Crippen LogP contribution in [0.3, 0.4) is 0 Å². The molecule has 0 fully saturated rings. The predicted molar refractivity (Wildman–Crippen MR) is 57.7 cm³/mol. The first-order chi connectivity index (χ1) is 7.11. The Morgan fingerprint density at radius 1 is 1.47 bits per heavy atom. The molecule has 0 unspecified atom stereocenters. The number of likely N-dealkylation sites (N-methyl/N-ethyl adjacent to an activating group) is 1. The van der Waals surface area contributed by atoms with Crippen molar-refractivity contribution in [3.8, 4) is 11.9 Å². The second-order valence-corrected chi connectivity index (χ2v) is 3.60. The van der Waals surface area contributed by atoms with Crippen LogP contribution in [0.2, 0.25) is 0 Å². The number of pyridine rings is 1. The highest BCUT2D eigenvalue weighted by molar-refractivity contribution is 5.34. The van der Waals surface area contributed by atoms with Crippen LogP contribution in [0.1, 0.15) is 11.3 Å². The molecule has 0 atom stereocenters. The molecule has 0 aliphatic heterocycles. The number of aromatic nitrogens is 1. The summed E-state index contributed by atoms with van der Waals surface area (Å²) in [4.78, 5) is 6.22. The molecule has 0 amide bonds. The van der Waals surface area contributed by atoms with Crippen LogP contribution < -0.4 is 4.74 Å². The summed E-state index contributed by atoms with van der Waals surface area (Å²) in [7, 11) is 3.96. The van der Waals surface area contributed by atoms with E-state index in [1.807, 2.05) is 25.9 Å². The van der Waals surface area contributed by atoms with Crippen molar-refractivity contribution < 1.29 is 4.74 Å². The molecule has 15 heavy (non-hydrogen) atoms. The SMILES string of the molecule is Cc1cc(C#N)cc(OCCN(C)C)n1. The van der Waals surface area contributed by atoms with Gasteiger partial charge in [-0.25, -0.2) is 4.98 Å². The van der Waals surface area contributed by atoms with Crippen molar-refractivity contribution in [1.82, 2.24) is 9.88 Å². The average molecular weight is 205 g/mol. The summed E-state index contributed by atoms with van der Waals surface area (Å²) in [5.41, 5.74) is 1.39. The lowest BCUT2D eigenvalue weighted by Crippen LogP contribution is -2.19. The topological polar surface area (TPSA) is 49.1 Å². The lowest BCUT2D eigenvalue weighted by atomic mass is 10.2. The van der Waals surface area contributed by atoms with E-state index in [4.69, 9.17) is 10.00 Å². The van der Waals surface area contributed by atoms with Crippen molar-refractivity contribution in [2.24, 2.45) is 0 Å². The predicted octanol–water partition coefficient (Wildman–Crippen LogP) is 1.20. The van der Waals surface area contributed by atoms with Crippen LogP contribution in [0.4, 0.5) is 0 Å². The number of hydrogen-bond acceptors (Lipinski definition) is 4. The van der Waals surface area contributed by atoms with Gasteiger partial charge < -0.3 is 9.64 Å². The van der Waals surface area contributed by atoms with E-state index in [0.717, 1.165) is 12.2 Å². The second-order valence-electron chi connectivity index (χ2n) is 3.60. The van der Waals surface area contributed by atoms with E-state index in [1.54, 1.807) is 12.1 Å².